The standard InChI is InChI=1S/C26H21ClFN5O3S/c27-22-10-18(5-7-23(22)36-13-15-2-1-3-16(28)8-15)32-24-21-11-20(37-25(21)31-14-30-24)6-4-17-9-19(12-29-17)33-26(34)35/h1-3,5,7-8,10-11,14,17,19,29,33H,9,12-13H2,(H,34,35)(H,30,31,32)/t17-,19+/m0/s1. The maximum atomic E-state index is 13.4. The first-order valence-corrected chi connectivity index (χ1v) is 12.5. The molecule has 0 bridgehead atoms. The molecule has 3 heterocycles. The Morgan fingerprint density at radius 3 is 2.97 bits per heavy atom. The van der Waals surface area contributed by atoms with Crippen LogP contribution in [0.1, 0.15) is 16.9 Å². The van der Waals surface area contributed by atoms with E-state index in [0.29, 0.717) is 40.8 Å². The molecule has 2 atom stereocenters. The maximum Gasteiger partial charge on any atom is 0.404 e. The number of nitrogens with zero attached hydrogens (tertiary/aromatic N) is 2. The van der Waals surface area contributed by atoms with Crippen LogP contribution in [0.3, 0.4) is 0 Å². The number of hydrogen-bond donors (Lipinski definition) is 4. The lowest BCUT2D eigenvalue weighted by Crippen LogP contribution is -2.34. The lowest BCUT2D eigenvalue weighted by molar-refractivity contribution is 0.190. The van der Waals surface area contributed by atoms with Crippen molar-refractivity contribution >= 4 is 50.8 Å². The summed E-state index contributed by atoms with van der Waals surface area (Å²) >= 11 is 7.88. The molecule has 1 aliphatic heterocycles. The molecular formula is C26H21ClFN5O3S. The summed E-state index contributed by atoms with van der Waals surface area (Å²) in [6, 6.07) is 13.2. The molecule has 1 amide bonds. The lowest BCUT2D eigenvalue weighted by Gasteiger charge is -2.11. The quantitative estimate of drug-likeness (QED) is 0.252. The number of ether oxygens (including phenoxy) is 1. The van der Waals surface area contributed by atoms with Crippen molar-refractivity contribution in [1.82, 2.24) is 20.6 Å². The molecule has 4 aromatic rings. The molecule has 0 saturated carbocycles. The van der Waals surface area contributed by atoms with Crippen LogP contribution in [0, 0.1) is 17.7 Å². The molecule has 37 heavy (non-hydrogen) atoms. The first-order chi connectivity index (χ1) is 17.9. The fourth-order valence-corrected chi connectivity index (χ4v) is 5.02. The predicted octanol–water partition coefficient (Wildman–Crippen LogP) is 5.16. The van der Waals surface area contributed by atoms with Crippen molar-refractivity contribution in [3.05, 3.63) is 76.1 Å². The van der Waals surface area contributed by atoms with E-state index in [2.05, 4.69) is 37.8 Å². The Labute approximate surface area is 220 Å². The second-order valence-electron chi connectivity index (χ2n) is 8.35. The van der Waals surface area contributed by atoms with Crippen molar-refractivity contribution < 1.29 is 19.0 Å². The Bertz CT molecular complexity index is 1520. The molecule has 5 rings (SSSR count). The molecule has 11 heteroatoms. The fourth-order valence-electron chi connectivity index (χ4n) is 3.93. The van der Waals surface area contributed by atoms with Gasteiger partial charge in [0.1, 0.15) is 35.1 Å². The lowest BCUT2D eigenvalue weighted by atomic mass is 10.2. The van der Waals surface area contributed by atoms with E-state index in [9.17, 15) is 9.18 Å². The third-order valence-corrected chi connectivity index (χ3v) is 6.89. The number of aromatic nitrogens is 2. The van der Waals surface area contributed by atoms with Crippen molar-refractivity contribution in [2.45, 2.75) is 25.1 Å². The fraction of sp³-hybridized carbons (Fsp3) is 0.192. The third kappa shape index (κ3) is 6.27. The number of hydrogen-bond acceptors (Lipinski definition) is 7. The van der Waals surface area contributed by atoms with Gasteiger partial charge in [0, 0.05) is 18.3 Å². The van der Waals surface area contributed by atoms with Crippen molar-refractivity contribution in [2.24, 2.45) is 0 Å². The van der Waals surface area contributed by atoms with Gasteiger partial charge in [-0.1, -0.05) is 35.6 Å². The van der Waals surface area contributed by atoms with Gasteiger partial charge in [-0.05, 0) is 48.4 Å². The number of halogens is 2. The average molecular weight is 538 g/mol. The van der Waals surface area contributed by atoms with E-state index in [1.54, 1.807) is 24.3 Å². The minimum atomic E-state index is -1.03. The highest BCUT2D eigenvalue weighted by atomic mass is 35.5. The van der Waals surface area contributed by atoms with Gasteiger partial charge in [-0.15, -0.1) is 11.3 Å². The summed E-state index contributed by atoms with van der Waals surface area (Å²) in [5, 5.41) is 19.1. The Morgan fingerprint density at radius 2 is 2.16 bits per heavy atom. The molecular weight excluding hydrogens is 517 g/mol. The normalized spacial score (nSPS) is 16.7. The topological polar surface area (TPSA) is 108 Å². The van der Waals surface area contributed by atoms with Gasteiger partial charge >= 0.3 is 6.09 Å². The van der Waals surface area contributed by atoms with Gasteiger partial charge in [-0.3, -0.25) is 0 Å². The van der Waals surface area contributed by atoms with Gasteiger partial charge in [0.2, 0.25) is 0 Å². The van der Waals surface area contributed by atoms with Gasteiger partial charge in [0.05, 0.1) is 21.3 Å². The Hall–Kier alpha value is -3.91. The summed E-state index contributed by atoms with van der Waals surface area (Å²) in [7, 11) is 0. The number of fused-ring (bicyclic) bond motifs is 1. The van der Waals surface area contributed by atoms with Crippen LogP contribution >= 0.6 is 22.9 Å². The van der Waals surface area contributed by atoms with Crippen LogP contribution in [0.4, 0.5) is 20.7 Å². The van der Waals surface area contributed by atoms with Crippen LogP contribution in [-0.4, -0.2) is 39.8 Å². The van der Waals surface area contributed by atoms with Crippen molar-refractivity contribution in [3.63, 3.8) is 0 Å². The smallest absolute Gasteiger partial charge is 0.404 e. The first-order valence-electron chi connectivity index (χ1n) is 11.4. The largest absolute Gasteiger partial charge is 0.487 e. The molecule has 4 N–H and O–H groups in total. The summed E-state index contributed by atoms with van der Waals surface area (Å²) in [5.74, 6) is 7.11. The van der Waals surface area contributed by atoms with E-state index in [0.717, 1.165) is 15.1 Å². The van der Waals surface area contributed by atoms with Crippen molar-refractivity contribution in [1.29, 1.82) is 0 Å². The van der Waals surface area contributed by atoms with Gasteiger partial charge < -0.3 is 25.8 Å². The SMILES string of the molecule is O=C(O)N[C@H]1CN[C@@H](C#Cc2cc3c(Nc4ccc(OCc5cccc(F)c5)c(Cl)c4)ncnc3s2)C1. The number of amides is 1. The van der Waals surface area contributed by atoms with E-state index >= 15 is 0 Å². The zero-order chi connectivity index (χ0) is 25.8. The third-order valence-electron chi connectivity index (χ3n) is 5.64. The monoisotopic (exact) mass is 537 g/mol. The number of thiophene rings is 1. The Kier molecular flexibility index (Phi) is 7.37. The summed E-state index contributed by atoms with van der Waals surface area (Å²) in [6.45, 7) is 0.747. The van der Waals surface area contributed by atoms with Crippen LogP contribution in [0.5, 0.6) is 5.75 Å². The molecule has 1 aliphatic rings. The van der Waals surface area contributed by atoms with E-state index in [1.807, 2.05) is 12.1 Å². The average Bonchev–Trinajstić information content (AvgIpc) is 3.49. The highest BCUT2D eigenvalue weighted by Crippen LogP contribution is 2.33. The molecule has 2 aromatic carbocycles. The molecule has 1 fully saturated rings. The number of rotatable bonds is 6. The van der Waals surface area contributed by atoms with Crippen LogP contribution in [-0.2, 0) is 6.61 Å². The zero-order valence-corrected chi connectivity index (χ0v) is 20.9. The number of carboxylic acid groups (broad SMARTS) is 1. The summed E-state index contributed by atoms with van der Waals surface area (Å²) in [4.78, 5) is 21.2. The minimum Gasteiger partial charge on any atom is -0.487 e. The van der Waals surface area contributed by atoms with Crippen LogP contribution in [0.15, 0.2) is 54.9 Å². The highest BCUT2D eigenvalue weighted by molar-refractivity contribution is 7.19. The number of anilines is 2. The highest BCUT2D eigenvalue weighted by Gasteiger charge is 2.23. The maximum absolute atomic E-state index is 13.4. The van der Waals surface area contributed by atoms with Gasteiger partial charge in [0.15, 0.2) is 0 Å². The molecule has 8 nitrogen and oxygen atoms in total. The number of carbonyl (C=O) groups is 1. The molecule has 188 valence electrons. The molecule has 0 unspecified atom stereocenters. The molecule has 2 aromatic heterocycles. The van der Waals surface area contributed by atoms with Crippen LogP contribution in [0.2, 0.25) is 5.02 Å². The van der Waals surface area contributed by atoms with E-state index < -0.39 is 6.09 Å². The Morgan fingerprint density at radius 1 is 1.27 bits per heavy atom. The van der Waals surface area contributed by atoms with Crippen molar-refractivity contribution in [3.8, 4) is 17.6 Å². The zero-order valence-electron chi connectivity index (χ0n) is 19.3. The van der Waals surface area contributed by atoms with E-state index in [4.69, 9.17) is 21.4 Å². The van der Waals surface area contributed by atoms with Gasteiger partial charge in [-0.2, -0.15) is 0 Å². The first kappa shape index (κ1) is 24.8. The molecule has 0 aliphatic carbocycles. The van der Waals surface area contributed by atoms with Gasteiger partial charge in [0.25, 0.3) is 0 Å². The second kappa shape index (κ2) is 11.0. The van der Waals surface area contributed by atoms with Crippen LogP contribution in [0.25, 0.3) is 10.2 Å². The van der Waals surface area contributed by atoms with Crippen molar-refractivity contribution in [2.75, 3.05) is 11.9 Å². The van der Waals surface area contributed by atoms with Crippen LogP contribution < -0.4 is 20.7 Å². The predicted molar refractivity (Wildman–Crippen MR) is 141 cm³/mol. The summed E-state index contributed by atoms with van der Waals surface area (Å²) in [5.41, 5.74) is 1.42. The number of benzene rings is 2. The van der Waals surface area contributed by atoms with Gasteiger partial charge in [-0.25, -0.2) is 19.2 Å². The summed E-state index contributed by atoms with van der Waals surface area (Å²) in [6.07, 6.45) is 1.06. The van der Waals surface area contributed by atoms with E-state index in [-0.39, 0.29) is 24.5 Å². The molecule has 0 radical (unpaired) electrons. The second-order valence-corrected chi connectivity index (χ2v) is 9.79. The Balaban J connectivity index is 1.27. The number of nitrogens with one attached hydrogen (secondary N) is 3. The minimum absolute atomic E-state index is 0.0884. The summed E-state index contributed by atoms with van der Waals surface area (Å²) < 4.78 is 19.1. The molecule has 1 saturated heterocycles. The molecule has 0 spiro atoms. The van der Waals surface area contributed by atoms with E-state index in [1.165, 1.54) is 29.8 Å².